The molecule has 124 valence electrons. The first-order valence-electron chi connectivity index (χ1n) is 7.90. The molecule has 0 bridgehead atoms. The minimum atomic E-state index is 0.0587. The van der Waals surface area contributed by atoms with Crippen molar-refractivity contribution in [1.82, 2.24) is 5.32 Å². The monoisotopic (exact) mass is 333 g/mol. The van der Waals surface area contributed by atoms with Gasteiger partial charge in [-0.05, 0) is 49.4 Å². The van der Waals surface area contributed by atoms with E-state index in [1.165, 1.54) is 0 Å². The molecule has 5 heteroatoms. The summed E-state index contributed by atoms with van der Waals surface area (Å²) >= 11 is 1.60. The number of ether oxygens (including phenoxy) is 2. The van der Waals surface area contributed by atoms with E-state index >= 15 is 0 Å². The normalized spacial score (nSPS) is 10.3. The fourth-order valence-corrected chi connectivity index (χ4v) is 2.93. The van der Waals surface area contributed by atoms with Gasteiger partial charge in [0.05, 0.1) is 19.6 Å². The highest BCUT2D eigenvalue weighted by Gasteiger charge is 2.07. The van der Waals surface area contributed by atoms with Crippen molar-refractivity contribution in [2.45, 2.75) is 26.7 Å². The molecule has 1 aromatic carbocycles. The third kappa shape index (κ3) is 5.60. The van der Waals surface area contributed by atoms with Crippen LogP contribution in [0.2, 0.25) is 0 Å². The maximum absolute atomic E-state index is 11.9. The van der Waals surface area contributed by atoms with E-state index in [1.54, 1.807) is 11.3 Å². The maximum atomic E-state index is 11.9. The van der Waals surface area contributed by atoms with Gasteiger partial charge in [-0.1, -0.05) is 12.1 Å². The number of carbonyl (C=O) groups excluding carboxylic acids is 1. The summed E-state index contributed by atoms with van der Waals surface area (Å²) in [5.74, 6) is 1.58. The Hall–Kier alpha value is -2.01. The molecule has 0 aliphatic rings. The summed E-state index contributed by atoms with van der Waals surface area (Å²) in [4.78, 5) is 12.9. The lowest BCUT2D eigenvalue weighted by atomic mass is 10.1. The van der Waals surface area contributed by atoms with E-state index in [2.05, 4.69) is 5.32 Å². The number of nitrogens with one attached hydrogen (secondary N) is 1. The van der Waals surface area contributed by atoms with Crippen LogP contribution in [0.4, 0.5) is 0 Å². The van der Waals surface area contributed by atoms with E-state index in [1.807, 2.05) is 49.6 Å². The van der Waals surface area contributed by atoms with E-state index in [4.69, 9.17) is 9.47 Å². The van der Waals surface area contributed by atoms with E-state index in [-0.39, 0.29) is 5.91 Å². The van der Waals surface area contributed by atoms with Crippen LogP contribution in [-0.2, 0) is 17.6 Å². The van der Waals surface area contributed by atoms with Gasteiger partial charge in [-0.2, -0.15) is 0 Å². The number of thiophene rings is 1. The van der Waals surface area contributed by atoms with Crippen LogP contribution in [0.3, 0.4) is 0 Å². The first-order chi connectivity index (χ1) is 11.2. The van der Waals surface area contributed by atoms with Crippen molar-refractivity contribution >= 4 is 17.2 Å². The average Bonchev–Trinajstić information content (AvgIpc) is 3.03. The second-order valence-corrected chi connectivity index (χ2v) is 6.04. The summed E-state index contributed by atoms with van der Waals surface area (Å²) < 4.78 is 11.2. The van der Waals surface area contributed by atoms with Gasteiger partial charge in [0.25, 0.3) is 0 Å². The first kappa shape index (κ1) is 17.3. The van der Waals surface area contributed by atoms with Crippen LogP contribution >= 0.6 is 11.3 Å². The third-order valence-electron chi connectivity index (χ3n) is 3.26. The van der Waals surface area contributed by atoms with Crippen molar-refractivity contribution in [3.05, 3.63) is 46.2 Å². The van der Waals surface area contributed by atoms with Crippen molar-refractivity contribution < 1.29 is 14.3 Å². The molecule has 0 saturated heterocycles. The molecule has 2 rings (SSSR count). The minimum absolute atomic E-state index is 0.0587. The zero-order valence-corrected chi connectivity index (χ0v) is 14.4. The minimum Gasteiger partial charge on any atom is -0.490 e. The molecule has 1 N–H and O–H groups in total. The second-order valence-electron chi connectivity index (χ2n) is 5.00. The Bertz CT molecular complexity index is 611. The second kappa shape index (κ2) is 9.20. The number of hydrogen-bond acceptors (Lipinski definition) is 4. The molecule has 0 aliphatic heterocycles. The smallest absolute Gasteiger partial charge is 0.225 e. The zero-order valence-electron chi connectivity index (χ0n) is 13.6. The molecule has 2 aromatic rings. The Morgan fingerprint density at radius 1 is 1.13 bits per heavy atom. The van der Waals surface area contributed by atoms with E-state index in [0.717, 1.165) is 28.4 Å². The van der Waals surface area contributed by atoms with Crippen LogP contribution < -0.4 is 14.8 Å². The van der Waals surface area contributed by atoms with Gasteiger partial charge in [-0.15, -0.1) is 11.3 Å². The summed E-state index contributed by atoms with van der Waals surface area (Å²) in [6.45, 7) is 5.73. The molecule has 4 nitrogen and oxygen atoms in total. The highest BCUT2D eigenvalue weighted by Crippen LogP contribution is 2.28. The van der Waals surface area contributed by atoms with Crippen LogP contribution in [0.15, 0.2) is 35.7 Å². The van der Waals surface area contributed by atoms with E-state index in [0.29, 0.717) is 26.2 Å². The van der Waals surface area contributed by atoms with Crippen molar-refractivity contribution in [1.29, 1.82) is 0 Å². The molecule has 0 fully saturated rings. The Morgan fingerprint density at radius 2 is 1.91 bits per heavy atom. The topological polar surface area (TPSA) is 47.6 Å². The number of carbonyl (C=O) groups is 1. The molecule has 0 spiro atoms. The SMILES string of the molecule is CCOc1ccc(CCNC(=O)Cc2cccs2)cc1OCC. The fourth-order valence-electron chi connectivity index (χ4n) is 2.23. The van der Waals surface area contributed by atoms with Crippen LogP contribution in [0, 0.1) is 0 Å². The quantitative estimate of drug-likeness (QED) is 0.764. The van der Waals surface area contributed by atoms with E-state index in [9.17, 15) is 4.79 Å². The third-order valence-corrected chi connectivity index (χ3v) is 4.13. The zero-order chi connectivity index (χ0) is 16.5. The van der Waals surface area contributed by atoms with Crippen LogP contribution in [0.1, 0.15) is 24.3 Å². The standard InChI is InChI=1S/C18H23NO3S/c1-3-21-16-8-7-14(12-17(16)22-4-2)9-10-19-18(20)13-15-6-5-11-23-15/h5-8,11-12H,3-4,9-10,13H2,1-2H3,(H,19,20). The Morgan fingerprint density at radius 3 is 2.61 bits per heavy atom. The Kier molecular flexibility index (Phi) is 6.94. The molecule has 0 saturated carbocycles. The number of benzene rings is 1. The van der Waals surface area contributed by atoms with Gasteiger partial charge in [0.1, 0.15) is 0 Å². The highest BCUT2D eigenvalue weighted by atomic mass is 32.1. The molecule has 1 heterocycles. The van der Waals surface area contributed by atoms with Crippen molar-refractivity contribution in [2.75, 3.05) is 19.8 Å². The summed E-state index contributed by atoms with van der Waals surface area (Å²) in [6, 6.07) is 9.86. The van der Waals surface area contributed by atoms with E-state index < -0.39 is 0 Å². The lowest BCUT2D eigenvalue weighted by molar-refractivity contribution is -0.120. The molecular formula is C18H23NO3S. The van der Waals surface area contributed by atoms with Crippen LogP contribution in [-0.4, -0.2) is 25.7 Å². The number of rotatable bonds is 9. The summed E-state index contributed by atoms with van der Waals surface area (Å²) in [7, 11) is 0. The van der Waals surface area contributed by atoms with Gasteiger partial charge in [0.15, 0.2) is 11.5 Å². The van der Waals surface area contributed by atoms with Crippen molar-refractivity contribution in [2.24, 2.45) is 0 Å². The molecule has 0 unspecified atom stereocenters. The van der Waals surface area contributed by atoms with Gasteiger partial charge in [0.2, 0.25) is 5.91 Å². The average molecular weight is 333 g/mol. The fraction of sp³-hybridized carbons (Fsp3) is 0.389. The van der Waals surface area contributed by atoms with Crippen LogP contribution in [0.25, 0.3) is 0 Å². The van der Waals surface area contributed by atoms with Gasteiger partial charge < -0.3 is 14.8 Å². The molecule has 0 aliphatic carbocycles. The van der Waals surface area contributed by atoms with Gasteiger partial charge in [0, 0.05) is 11.4 Å². The molecule has 0 atom stereocenters. The summed E-state index contributed by atoms with van der Waals surface area (Å²) in [5, 5.41) is 4.94. The van der Waals surface area contributed by atoms with Gasteiger partial charge in [-0.25, -0.2) is 0 Å². The molecule has 23 heavy (non-hydrogen) atoms. The maximum Gasteiger partial charge on any atom is 0.225 e. The first-order valence-corrected chi connectivity index (χ1v) is 8.78. The predicted octanol–water partition coefficient (Wildman–Crippen LogP) is 3.45. The predicted molar refractivity (Wildman–Crippen MR) is 93.5 cm³/mol. The Balaban J connectivity index is 1.85. The lowest BCUT2D eigenvalue weighted by Gasteiger charge is -2.12. The van der Waals surface area contributed by atoms with Gasteiger partial charge in [-0.3, -0.25) is 4.79 Å². The molecule has 1 aromatic heterocycles. The Labute approximate surface area is 141 Å². The van der Waals surface area contributed by atoms with Crippen LogP contribution in [0.5, 0.6) is 11.5 Å². The van der Waals surface area contributed by atoms with Crippen molar-refractivity contribution in [3.63, 3.8) is 0 Å². The largest absolute Gasteiger partial charge is 0.490 e. The summed E-state index contributed by atoms with van der Waals surface area (Å²) in [5.41, 5.74) is 1.12. The molecular weight excluding hydrogens is 310 g/mol. The number of amides is 1. The van der Waals surface area contributed by atoms with Gasteiger partial charge >= 0.3 is 0 Å². The lowest BCUT2D eigenvalue weighted by Crippen LogP contribution is -2.26. The number of hydrogen-bond donors (Lipinski definition) is 1. The van der Waals surface area contributed by atoms with Crippen molar-refractivity contribution in [3.8, 4) is 11.5 Å². The summed E-state index contributed by atoms with van der Waals surface area (Å²) in [6.07, 6.45) is 1.22. The highest BCUT2D eigenvalue weighted by molar-refractivity contribution is 7.10. The molecule has 1 amide bonds. The molecule has 0 radical (unpaired) electrons.